The Kier molecular flexibility index (Phi) is 3.85. The van der Waals surface area contributed by atoms with Crippen LogP contribution < -0.4 is 5.73 Å². The van der Waals surface area contributed by atoms with E-state index in [-0.39, 0.29) is 0 Å². The highest BCUT2D eigenvalue weighted by Gasteiger charge is 2.30. The number of rotatable bonds is 4. The molecule has 4 nitrogen and oxygen atoms in total. The Labute approximate surface area is 120 Å². The fraction of sp³-hybridized carbons (Fsp3) is 0.154. The number of carbonyl (C=O) groups is 1. The van der Waals surface area contributed by atoms with Crippen LogP contribution in [0.25, 0.3) is 5.69 Å². The van der Waals surface area contributed by atoms with E-state index >= 15 is 0 Å². The molecule has 1 aromatic carbocycles. The van der Waals surface area contributed by atoms with E-state index in [0.717, 1.165) is 0 Å². The number of nitrogens with two attached hydrogens (primary N) is 1. The maximum absolute atomic E-state index is 11.3. The molecule has 19 heavy (non-hydrogen) atoms. The van der Waals surface area contributed by atoms with Crippen LogP contribution in [-0.4, -0.2) is 17.6 Å². The molecule has 0 bridgehead atoms. The van der Waals surface area contributed by atoms with Crippen LogP contribution in [0.1, 0.15) is 15.9 Å². The summed E-state index contributed by atoms with van der Waals surface area (Å²) in [5, 5.41) is 0. The van der Waals surface area contributed by atoms with Gasteiger partial charge >= 0.3 is 0 Å². The van der Waals surface area contributed by atoms with E-state index in [4.69, 9.17) is 33.7 Å². The minimum Gasteiger partial charge on any atom is -0.366 e. The van der Waals surface area contributed by atoms with Crippen molar-refractivity contribution in [3.8, 4) is 5.69 Å². The van der Waals surface area contributed by atoms with Gasteiger partial charge in [0.25, 0.3) is 0 Å². The molecule has 0 fully saturated rings. The predicted octanol–water partition coefficient (Wildman–Crippen LogP) is 2.81. The predicted molar refractivity (Wildman–Crippen MR) is 74.7 cm³/mol. The van der Waals surface area contributed by atoms with Gasteiger partial charge in [-0.05, 0) is 30.3 Å². The van der Waals surface area contributed by atoms with Crippen LogP contribution in [0.5, 0.6) is 0 Å². The minimum atomic E-state index is -1.56. The van der Waals surface area contributed by atoms with Crippen LogP contribution in [0.15, 0.2) is 42.7 Å². The standard InChI is InChI=1S/C13H12Cl2N2O2/c1-19-13(14,15)10-8-9(12(16)18)4-5-11(10)17-6-2-3-7-17/h2-8H,1H3,(H2,16,18). The molecule has 1 aromatic heterocycles. The SMILES string of the molecule is COC(Cl)(Cl)c1cc(C(N)=O)ccc1-n1cccc1. The van der Waals surface area contributed by atoms with Crippen LogP contribution >= 0.6 is 23.2 Å². The molecule has 2 aromatic rings. The number of halogens is 2. The van der Waals surface area contributed by atoms with Gasteiger partial charge in [-0.2, -0.15) is 0 Å². The molecule has 0 unspecified atom stereocenters. The van der Waals surface area contributed by atoms with Crippen molar-refractivity contribution in [2.45, 2.75) is 4.52 Å². The lowest BCUT2D eigenvalue weighted by Crippen LogP contribution is -2.19. The number of carbonyl (C=O) groups excluding carboxylic acids is 1. The minimum absolute atomic E-state index is 0.314. The second-order valence-corrected chi connectivity index (χ2v) is 5.17. The first kappa shape index (κ1) is 13.9. The summed E-state index contributed by atoms with van der Waals surface area (Å²) in [6.45, 7) is 0. The largest absolute Gasteiger partial charge is 0.366 e. The van der Waals surface area contributed by atoms with Crippen LogP contribution in [0.3, 0.4) is 0 Å². The van der Waals surface area contributed by atoms with Gasteiger partial charge in [-0.1, -0.05) is 23.2 Å². The van der Waals surface area contributed by atoms with E-state index < -0.39 is 10.4 Å². The summed E-state index contributed by atoms with van der Waals surface area (Å²) in [6.07, 6.45) is 3.67. The van der Waals surface area contributed by atoms with Crippen molar-refractivity contribution < 1.29 is 9.53 Å². The van der Waals surface area contributed by atoms with Gasteiger partial charge in [0.1, 0.15) is 0 Å². The molecule has 2 rings (SSSR count). The van der Waals surface area contributed by atoms with Crippen molar-refractivity contribution in [3.63, 3.8) is 0 Å². The normalized spacial score (nSPS) is 11.5. The number of aromatic nitrogens is 1. The Balaban J connectivity index is 2.64. The molecule has 0 spiro atoms. The molecule has 0 saturated heterocycles. The second-order valence-electron chi connectivity index (χ2n) is 3.91. The van der Waals surface area contributed by atoms with Crippen LogP contribution in [0, 0.1) is 0 Å². The second kappa shape index (κ2) is 5.25. The van der Waals surface area contributed by atoms with Crippen LogP contribution in [-0.2, 0) is 9.26 Å². The van der Waals surface area contributed by atoms with Gasteiger partial charge in [-0.15, -0.1) is 0 Å². The molecule has 6 heteroatoms. The highest BCUT2D eigenvalue weighted by atomic mass is 35.5. The van der Waals surface area contributed by atoms with E-state index in [1.807, 2.05) is 29.1 Å². The van der Waals surface area contributed by atoms with Gasteiger partial charge in [-0.3, -0.25) is 4.79 Å². The van der Waals surface area contributed by atoms with Gasteiger partial charge in [0.15, 0.2) is 0 Å². The zero-order chi connectivity index (χ0) is 14.0. The number of nitrogens with zero attached hydrogens (tertiary/aromatic N) is 1. The quantitative estimate of drug-likeness (QED) is 0.883. The van der Waals surface area contributed by atoms with E-state index in [1.54, 1.807) is 12.1 Å². The first-order valence-electron chi connectivity index (χ1n) is 5.46. The van der Waals surface area contributed by atoms with Crippen molar-refractivity contribution in [2.75, 3.05) is 7.11 Å². The molecule has 0 saturated carbocycles. The highest BCUT2D eigenvalue weighted by Crippen LogP contribution is 2.38. The fourth-order valence-corrected chi connectivity index (χ4v) is 2.06. The number of methoxy groups -OCH3 is 1. The van der Waals surface area contributed by atoms with Crippen LogP contribution in [0.4, 0.5) is 0 Å². The monoisotopic (exact) mass is 298 g/mol. The van der Waals surface area contributed by atoms with Crippen molar-refractivity contribution in [2.24, 2.45) is 5.73 Å². The smallest absolute Gasteiger partial charge is 0.248 e. The first-order chi connectivity index (χ1) is 8.95. The Morgan fingerprint density at radius 1 is 1.32 bits per heavy atom. The van der Waals surface area contributed by atoms with Gasteiger partial charge < -0.3 is 15.0 Å². The lowest BCUT2D eigenvalue weighted by molar-refractivity contribution is 0.0999. The number of primary amides is 1. The van der Waals surface area contributed by atoms with Gasteiger partial charge in [-0.25, -0.2) is 0 Å². The van der Waals surface area contributed by atoms with Crippen LogP contribution in [0.2, 0.25) is 0 Å². The van der Waals surface area contributed by atoms with Gasteiger partial charge in [0, 0.05) is 30.6 Å². The summed E-state index contributed by atoms with van der Waals surface area (Å²) < 4.78 is 5.32. The fourth-order valence-electron chi connectivity index (χ4n) is 1.75. The van der Waals surface area contributed by atoms with E-state index in [2.05, 4.69) is 0 Å². The summed E-state index contributed by atoms with van der Waals surface area (Å²) >= 11 is 12.2. The van der Waals surface area contributed by atoms with E-state index in [9.17, 15) is 4.79 Å². The van der Waals surface area contributed by atoms with Crippen molar-refractivity contribution in [1.82, 2.24) is 4.57 Å². The number of amides is 1. The molecule has 100 valence electrons. The van der Waals surface area contributed by atoms with Gasteiger partial charge in [0.2, 0.25) is 10.4 Å². The average Bonchev–Trinajstić information content (AvgIpc) is 2.91. The van der Waals surface area contributed by atoms with Crippen molar-refractivity contribution in [3.05, 3.63) is 53.9 Å². The maximum Gasteiger partial charge on any atom is 0.248 e. The zero-order valence-electron chi connectivity index (χ0n) is 10.1. The molecule has 0 aliphatic carbocycles. The molecule has 1 amide bonds. The number of benzene rings is 1. The Morgan fingerprint density at radius 2 is 1.95 bits per heavy atom. The molecular formula is C13H12Cl2N2O2. The molecule has 1 heterocycles. The van der Waals surface area contributed by atoms with Crippen molar-refractivity contribution in [1.29, 1.82) is 0 Å². The molecular weight excluding hydrogens is 287 g/mol. The first-order valence-corrected chi connectivity index (χ1v) is 6.22. The third-order valence-electron chi connectivity index (χ3n) is 2.73. The maximum atomic E-state index is 11.3. The molecule has 0 aliphatic heterocycles. The molecule has 0 aliphatic rings. The molecule has 0 radical (unpaired) electrons. The number of hydrogen-bond acceptors (Lipinski definition) is 2. The third-order valence-corrected chi connectivity index (χ3v) is 3.45. The average molecular weight is 299 g/mol. The van der Waals surface area contributed by atoms with Gasteiger partial charge in [0.05, 0.1) is 5.69 Å². The highest BCUT2D eigenvalue weighted by molar-refractivity contribution is 6.47. The Bertz CT molecular complexity index is 595. The summed E-state index contributed by atoms with van der Waals surface area (Å²) in [4.78, 5) is 11.3. The number of alkyl halides is 2. The summed E-state index contributed by atoms with van der Waals surface area (Å²) in [5.41, 5.74) is 6.74. The van der Waals surface area contributed by atoms with E-state index in [1.165, 1.54) is 13.2 Å². The molecule has 0 atom stereocenters. The Hall–Kier alpha value is -1.49. The van der Waals surface area contributed by atoms with Crippen molar-refractivity contribution >= 4 is 29.1 Å². The third kappa shape index (κ3) is 2.76. The summed E-state index contributed by atoms with van der Waals surface area (Å²) in [5.74, 6) is -0.555. The summed E-state index contributed by atoms with van der Waals surface area (Å²) in [6, 6.07) is 8.58. The number of ether oxygens (including phenoxy) is 1. The Morgan fingerprint density at radius 3 is 2.47 bits per heavy atom. The zero-order valence-corrected chi connectivity index (χ0v) is 11.7. The molecule has 2 N–H and O–H groups in total. The van der Waals surface area contributed by atoms with E-state index in [0.29, 0.717) is 16.8 Å². The number of hydrogen-bond donors (Lipinski definition) is 1. The lowest BCUT2D eigenvalue weighted by Gasteiger charge is -2.22. The lowest BCUT2D eigenvalue weighted by atomic mass is 10.1. The topological polar surface area (TPSA) is 57.2 Å². The summed E-state index contributed by atoms with van der Waals surface area (Å²) in [7, 11) is 1.39.